The quantitative estimate of drug-likeness (QED) is 0.604. The number of allylic oxidation sites excluding steroid dienone is 1. The molecule has 0 bridgehead atoms. The van der Waals surface area contributed by atoms with Crippen LogP contribution in [0.2, 0.25) is 0 Å². The topological polar surface area (TPSA) is 89.9 Å². The van der Waals surface area contributed by atoms with Gasteiger partial charge in [0.05, 0.1) is 31.0 Å². The Balaban J connectivity index is 2.01. The predicted molar refractivity (Wildman–Crippen MR) is 114 cm³/mol. The Kier molecular flexibility index (Phi) is 6.28. The molecule has 1 N–H and O–H groups in total. The summed E-state index contributed by atoms with van der Waals surface area (Å²) in [5.41, 5.74) is 1.83. The number of ether oxygens (including phenoxy) is 2. The monoisotopic (exact) mass is 440 g/mol. The summed E-state index contributed by atoms with van der Waals surface area (Å²) in [7, 11) is 2.68. The van der Waals surface area contributed by atoms with Crippen molar-refractivity contribution in [3.63, 3.8) is 0 Å². The van der Waals surface area contributed by atoms with E-state index in [2.05, 4.69) is 0 Å². The number of hydrogen-bond donors (Lipinski definition) is 1. The zero-order valence-corrected chi connectivity index (χ0v) is 19.1. The second-order valence-electron chi connectivity index (χ2n) is 8.01. The minimum atomic E-state index is -1.64. The maximum atomic E-state index is 13.5. The first-order valence-electron chi connectivity index (χ1n) is 9.66. The molecule has 6 nitrogen and oxygen atoms in total. The van der Waals surface area contributed by atoms with E-state index in [-0.39, 0.29) is 34.6 Å². The number of carbonyl (C=O) groups is 3. The largest absolute Gasteiger partial charge is 0.468 e. The van der Waals surface area contributed by atoms with Crippen LogP contribution in [0.5, 0.6) is 0 Å². The van der Waals surface area contributed by atoms with Crippen LogP contribution in [0.15, 0.2) is 22.3 Å². The smallest absolute Gasteiger partial charge is 0.315 e. The minimum Gasteiger partial charge on any atom is -0.468 e. The van der Waals surface area contributed by atoms with E-state index in [0.29, 0.717) is 5.75 Å². The summed E-state index contributed by atoms with van der Waals surface area (Å²) in [6, 6.07) is 0. The van der Waals surface area contributed by atoms with Gasteiger partial charge in [0, 0.05) is 17.1 Å². The summed E-state index contributed by atoms with van der Waals surface area (Å²) in [6.07, 6.45) is 1.90. The van der Waals surface area contributed by atoms with E-state index in [9.17, 15) is 19.5 Å². The Labute approximate surface area is 179 Å². The van der Waals surface area contributed by atoms with E-state index in [1.54, 1.807) is 0 Å². The van der Waals surface area contributed by atoms with Gasteiger partial charge in [-0.2, -0.15) is 0 Å². The molecule has 2 unspecified atom stereocenters. The van der Waals surface area contributed by atoms with Crippen LogP contribution in [0.1, 0.15) is 33.6 Å². The maximum absolute atomic E-state index is 13.5. The minimum absolute atomic E-state index is 0.0581. The number of aliphatic hydroxyl groups is 1. The molecule has 0 aromatic rings. The lowest BCUT2D eigenvalue weighted by atomic mass is 9.65. The average molecular weight is 441 g/mol. The molecule has 3 aliphatic carbocycles. The summed E-state index contributed by atoms with van der Waals surface area (Å²) in [6.45, 7) is 5.86. The molecular weight excluding hydrogens is 412 g/mol. The highest BCUT2D eigenvalue weighted by Gasteiger charge is 2.66. The second kappa shape index (κ2) is 8.12. The summed E-state index contributed by atoms with van der Waals surface area (Å²) in [5.74, 6) is -0.357. The standard InChI is InChI=1S/C21H28O6S2/c1-11-14(8-28-9-15(22)26-4)17-12(2)20(6-7-20)13(3)18(24)21(17,25)19(11)29-10-16(23)27-5/h13,19,25H,6-10H2,1-5H3/t13-,19?,21?/m1/s1. The summed E-state index contributed by atoms with van der Waals surface area (Å²) >= 11 is 2.65. The molecule has 160 valence electrons. The molecule has 0 aliphatic heterocycles. The number of fused-ring (bicyclic) bond motifs is 1. The number of rotatable bonds is 7. The van der Waals surface area contributed by atoms with E-state index < -0.39 is 16.8 Å². The fourth-order valence-electron chi connectivity index (χ4n) is 4.83. The number of esters is 2. The maximum Gasteiger partial charge on any atom is 0.315 e. The van der Waals surface area contributed by atoms with Crippen LogP contribution in [0, 0.1) is 11.3 Å². The van der Waals surface area contributed by atoms with Crippen molar-refractivity contribution in [3.8, 4) is 0 Å². The number of Topliss-reactive ketones (excluding diaryl/α,β-unsaturated/α-hetero) is 1. The summed E-state index contributed by atoms with van der Waals surface area (Å²) in [5, 5.41) is 11.3. The Morgan fingerprint density at radius 1 is 1.14 bits per heavy atom. The van der Waals surface area contributed by atoms with Gasteiger partial charge in [-0.15, -0.1) is 23.5 Å². The molecule has 0 amide bonds. The SMILES string of the molecule is COC(=O)CSCC1=C(C)C(SCC(=O)OC)C2(O)C(=O)[C@@H](C)C3(CC3)C(C)=C12. The molecule has 1 saturated carbocycles. The van der Waals surface area contributed by atoms with Crippen molar-refractivity contribution < 1.29 is 29.0 Å². The fraction of sp³-hybridized carbons (Fsp3) is 0.667. The van der Waals surface area contributed by atoms with Gasteiger partial charge in [0.2, 0.25) is 0 Å². The van der Waals surface area contributed by atoms with Crippen molar-refractivity contribution in [2.24, 2.45) is 11.3 Å². The molecule has 0 aromatic carbocycles. The van der Waals surface area contributed by atoms with Gasteiger partial charge in [-0.05, 0) is 37.8 Å². The number of methoxy groups -OCH3 is 2. The molecule has 3 rings (SSSR count). The zero-order valence-electron chi connectivity index (χ0n) is 17.5. The van der Waals surface area contributed by atoms with Gasteiger partial charge >= 0.3 is 11.9 Å². The van der Waals surface area contributed by atoms with Crippen LogP contribution in [0.4, 0.5) is 0 Å². The van der Waals surface area contributed by atoms with Crippen LogP contribution >= 0.6 is 23.5 Å². The lowest BCUT2D eigenvalue weighted by Crippen LogP contribution is -2.55. The normalized spacial score (nSPS) is 29.9. The first kappa shape index (κ1) is 22.4. The van der Waals surface area contributed by atoms with E-state index in [4.69, 9.17) is 9.47 Å². The Hall–Kier alpha value is -1.25. The fourth-order valence-corrected chi connectivity index (χ4v) is 7.08. The molecule has 8 heteroatoms. The Morgan fingerprint density at radius 2 is 1.72 bits per heavy atom. The number of hydrogen-bond acceptors (Lipinski definition) is 8. The highest BCUT2D eigenvalue weighted by Crippen LogP contribution is 2.66. The molecule has 29 heavy (non-hydrogen) atoms. The van der Waals surface area contributed by atoms with E-state index in [1.165, 1.54) is 37.7 Å². The number of carbonyl (C=O) groups excluding carboxylic acids is 3. The van der Waals surface area contributed by atoms with Crippen molar-refractivity contribution in [2.45, 2.75) is 44.5 Å². The molecule has 3 aliphatic rings. The first-order chi connectivity index (χ1) is 13.6. The van der Waals surface area contributed by atoms with Crippen molar-refractivity contribution in [3.05, 3.63) is 22.3 Å². The molecule has 3 atom stereocenters. The van der Waals surface area contributed by atoms with E-state index >= 15 is 0 Å². The summed E-state index contributed by atoms with van der Waals surface area (Å²) in [4.78, 5) is 36.7. The predicted octanol–water partition coefficient (Wildman–Crippen LogP) is 2.54. The first-order valence-corrected chi connectivity index (χ1v) is 11.9. The number of thioether (sulfide) groups is 2. The van der Waals surface area contributed by atoms with Crippen LogP contribution < -0.4 is 0 Å². The molecule has 0 aromatic heterocycles. The van der Waals surface area contributed by atoms with Crippen molar-refractivity contribution in [1.29, 1.82) is 0 Å². The van der Waals surface area contributed by atoms with Crippen molar-refractivity contribution in [1.82, 2.24) is 0 Å². The third kappa shape index (κ3) is 3.47. The average Bonchev–Trinajstić information content (AvgIpc) is 3.48. The third-order valence-corrected chi connectivity index (χ3v) is 9.09. The lowest BCUT2D eigenvalue weighted by molar-refractivity contribution is -0.140. The number of ketones is 1. The Morgan fingerprint density at radius 3 is 2.28 bits per heavy atom. The highest BCUT2D eigenvalue weighted by atomic mass is 32.2. The molecule has 1 fully saturated rings. The lowest BCUT2D eigenvalue weighted by Gasteiger charge is -2.42. The van der Waals surface area contributed by atoms with E-state index in [1.807, 2.05) is 20.8 Å². The van der Waals surface area contributed by atoms with Crippen molar-refractivity contribution in [2.75, 3.05) is 31.5 Å². The molecule has 1 spiro atoms. The molecule has 0 saturated heterocycles. The van der Waals surface area contributed by atoms with Crippen molar-refractivity contribution >= 4 is 41.2 Å². The van der Waals surface area contributed by atoms with Gasteiger partial charge in [0.1, 0.15) is 0 Å². The van der Waals surface area contributed by atoms with Gasteiger partial charge in [-0.3, -0.25) is 14.4 Å². The summed E-state index contributed by atoms with van der Waals surface area (Å²) < 4.78 is 9.46. The van der Waals surface area contributed by atoms with Crippen LogP contribution in [-0.4, -0.2) is 65.2 Å². The molecule has 0 radical (unpaired) electrons. The highest BCUT2D eigenvalue weighted by molar-refractivity contribution is 8.01. The van der Waals surface area contributed by atoms with Crippen LogP contribution in [-0.2, 0) is 23.9 Å². The third-order valence-electron chi connectivity index (χ3n) is 6.73. The van der Waals surface area contributed by atoms with Crippen LogP contribution in [0.25, 0.3) is 0 Å². The van der Waals surface area contributed by atoms with Gasteiger partial charge in [-0.25, -0.2) is 0 Å². The molecule has 0 heterocycles. The molecular formula is C21H28O6S2. The zero-order chi connectivity index (χ0) is 21.6. The second-order valence-corrected chi connectivity index (χ2v) is 10.1. The van der Waals surface area contributed by atoms with Gasteiger partial charge in [-0.1, -0.05) is 18.1 Å². The van der Waals surface area contributed by atoms with Gasteiger partial charge < -0.3 is 14.6 Å². The Bertz CT molecular complexity index is 810. The van der Waals surface area contributed by atoms with Crippen LogP contribution in [0.3, 0.4) is 0 Å². The van der Waals surface area contributed by atoms with Gasteiger partial charge in [0.15, 0.2) is 11.4 Å². The van der Waals surface area contributed by atoms with Gasteiger partial charge in [0.25, 0.3) is 0 Å². The van der Waals surface area contributed by atoms with E-state index in [0.717, 1.165) is 35.1 Å².